The number of carbonyl (C=O) groups excluding carboxylic acids is 4. The van der Waals surface area contributed by atoms with E-state index in [1.54, 1.807) is 13.0 Å². The average Bonchev–Trinajstić information content (AvgIpc) is 2.68. The molecule has 1 atom stereocenters. The lowest BCUT2D eigenvalue weighted by Gasteiger charge is -2.38. The van der Waals surface area contributed by atoms with Gasteiger partial charge in [-0.1, -0.05) is 0 Å². The van der Waals surface area contributed by atoms with Crippen molar-refractivity contribution in [2.75, 3.05) is 32.2 Å². The Bertz CT molecular complexity index is 770. The van der Waals surface area contributed by atoms with E-state index in [2.05, 4.69) is 5.32 Å². The van der Waals surface area contributed by atoms with Crippen LogP contribution in [0.3, 0.4) is 0 Å². The summed E-state index contributed by atoms with van der Waals surface area (Å²) >= 11 is 0. The molecule has 1 aromatic rings. The van der Waals surface area contributed by atoms with E-state index in [0.29, 0.717) is 5.75 Å². The zero-order chi connectivity index (χ0) is 20.9. The Hall–Kier alpha value is -3.10. The SMILES string of the molecule is CCOC(=O)C1Nc2ccc(OC)cc2C(=O)C1(C(=O)OCC)C(=O)OCC. The predicted octanol–water partition coefficient (Wildman–Crippen LogP) is 1.35. The molecule has 1 heterocycles. The van der Waals surface area contributed by atoms with Crippen LogP contribution in [0.15, 0.2) is 18.2 Å². The lowest BCUT2D eigenvalue weighted by molar-refractivity contribution is -0.173. The first kappa shape index (κ1) is 21.2. The van der Waals surface area contributed by atoms with E-state index in [9.17, 15) is 19.2 Å². The van der Waals surface area contributed by atoms with Gasteiger partial charge in [-0.15, -0.1) is 0 Å². The summed E-state index contributed by atoms with van der Waals surface area (Å²) in [4.78, 5) is 51.9. The Morgan fingerprint density at radius 3 is 2.07 bits per heavy atom. The fourth-order valence-electron chi connectivity index (χ4n) is 3.03. The molecule has 0 aromatic heterocycles. The number of anilines is 1. The molecule has 9 heteroatoms. The van der Waals surface area contributed by atoms with Gasteiger partial charge in [0.05, 0.1) is 26.9 Å². The van der Waals surface area contributed by atoms with E-state index in [1.807, 2.05) is 0 Å². The number of Topliss-reactive ketones (excluding diaryl/α,β-unsaturated/α-hetero) is 1. The van der Waals surface area contributed by atoms with Crippen LogP contribution in [-0.2, 0) is 28.6 Å². The highest BCUT2D eigenvalue weighted by atomic mass is 16.6. The molecule has 0 amide bonds. The summed E-state index contributed by atoms with van der Waals surface area (Å²) in [7, 11) is 1.41. The zero-order valence-corrected chi connectivity index (χ0v) is 16.2. The summed E-state index contributed by atoms with van der Waals surface area (Å²) in [6.07, 6.45) is 0. The molecule has 28 heavy (non-hydrogen) atoms. The summed E-state index contributed by atoms with van der Waals surface area (Å²) in [5, 5.41) is 2.78. The summed E-state index contributed by atoms with van der Waals surface area (Å²) in [5.41, 5.74) is -2.31. The van der Waals surface area contributed by atoms with Gasteiger partial charge in [0, 0.05) is 11.3 Å². The monoisotopic (exact) mass is 393 g/mol. The van der Waals surface area contributed by atoms with E-state index in [1.165, 1.54) is 33.1 Å². The molecular formula is C19H23NO8. The molecule has 152 valence electrons. The Balaban J connectivity index is 2.75. The zero-order valence-electron chi connectivity index (χ0n) is 16.2. The number of methoxy groups -OCH3 is 1. The number of ketones is 1. The Labute approximate surface area is 162 Å². The number of hydrogen-bond donors (Lipinski definition) is 1. The number of hydrogen-bond acceptors (Lipinski definition) is 9. The Morgan fingerprint density at radius 1 is 1.00 bits per heavy atom. The Kier molecular flexibility index (Phi) is 6.61. The van der Waals surface area contributed by atoms with Gasteiger partial charge in [0.15, 0.2) is 11.8 Å². The van der Waals surface area contributed by atoms with Crippen molar-refractivity contribution < 1.29 is 38.1 Å². The normalized spacial score (nSPS) is 17.0. The molecule has 0 saturated carbocycles. The van der Waals surface area contributed by atoms with Crippen molar-refractivity contribution in [1.82, 2.24) is 0 Å². The van der Waals surface area contributed by atoms with Crippen LogP contribution >= 0.6 is 0 Å². The van der Waals surface area contributed by atoms with Crippen LogP contribution < -0.4 is 10.1 Å². The number of esters is 3. The molecular weight excluding hydrogens is 370 g/mol. The second-order valence-corrected chi connectivity index (χ2v) is 5.82. The van der Waals surface area contributed by atoms with Gasteiger partial charge in [0.1, 0.15) is 5.75 Å². The molecule has 1 unspecified atom stereocenters. The standard InChI is InChI=1S/C19H23NO8/c1-5-26-16(22)14-19(17(23)27-6-2,18(24)28-7-3)15(21)12-10-11(25-4)8-9-13(12)20-14/h8-10,14,20H,5-7H2,1-4H3. The first-order valence-electron chi connectivity index (χ1n) is 8.88. The lowest BCUT2D eigenvalue weighted by Crippen LogP contribution is -2.64. The van der Waals surface area contributed by atoms with Crippen LogP contribution in [-0.4, -0.2) is 56.7 Å². The van der Waals surface area contributed by atoms with Gasteiger partial charge in [0.25, 0.3) is 5.41 Å². The van der Waals surface area contributed by atoms with E-state index >= 15 is 0 Å². The van der Waals surface area contributed by atoms with Crippen LogP contribution in [0.5, 0.6) is 5.75 Å². The molecule has 0 bridgehead atoms. The molecule has 0 spiro atoms. The molecule has 9 nitrogen and oxygen atoms in total. The minimum Gasteiger partial charge on any atom is -0.497 e. The second-order valence-electron chi connectivity index (χ2n) is 5.82. The number of fused-ring (bicyclic) bond motifs is 1. The summed E-state index contributed by atoms with van der Waals surface area (Å²) in [5.74, 6) is -3.89. The Morgan fingerprint density at radius 2 is 1.57 bits per heavy atom. The highest BCUT2D eigenvalue weighted by Crippen LogP contribution is 2.41. The number of nitrogens with one attached hydrogen (secondary N) is 1. The molecule has 1 aliphatic rings. The molecule has 1 aliphatic heterocycles. The van der Waals surface area contributed by atoms with Crippen LogP contribution in [0.1, 0.15) is 31.1 Å². The van der Waals surface area contributed by atoms with Gasteiger partial charge < -0.3 is 24.3 Å². The van der Waals surface area contributed by atoms with E-state index in [-0.39, 0.29) is 31.1 Å². The largest absolute Gasteiger partial charge is 0.497 e. The van der Waals surface area contributed by atoms with Crippen molar-refractivity contribution in [3.05, 3.63) is 23.8 Å². The maximum atomic E-state index is 13.5. The van der Waals surface area contributed by atoms with E-state index in [0.717, 1.165) is 0 Å². The average molecular weight is 393 g/mol. The smallest absolute Gasteiger partial charge is 0.334 e. The molecule has 0 saturated heterocycles. The minimum atomic E-state index is -2.57. The van der Waals surface area contributed by atoms with Gasteiger partial charge >= 0.3 is 17.9 Å². The van der Waals surface area contributed by atoms with Crippen LogP contribution in [0.2, 0.25) is 0 Å². The minimum absolute atomic E-state index is 0.000930. The molecule has 2 rings (SSSR count). The lowest BCUT2D eigenvalue weighted by atomic mass is 9.70. The summed E-state index contributed by atoms with van der Waals surface area (Å²) in [6.45, 7) is 4.39. The molecule has 0 aliphatic carbocycles. The van der Waals surface area contributed by atoms with Crippen LogP contribution in [0.25, 0.3) is 0 Å². The first-order chi connectivity index (χ1) is 13.4. The highest BCUT2D eigenvalue weighted by molar-refractivity contribution is 6.31. The first-order valence-corrected chi connectivity index (χ1v) is 8.88. The molecule has 0 radical (unpaired) electrons. The predicted molar refractivity (Wildman–Crippen MR) is 97.1 cm³/mol. The van der Waals surface area contributed by atoms with Gasteiger partial charge in [0.2, 0.25) is 0 Å². The van der Waals surface area contributed by atoms with Crippen molar-refractivity contribution in [2.45, 2.75) is 26.8 Å². The van der Waals surface area contributed by atoms with Crippen molar-refractivity contribution >= 4 is 29.4 Å². The summed E-state index contributed by atoms with van der Waals surface area (Å²) in [6, 6.07) is 2.82. The second kappa shape index (κ2) is 8.73. The van der Waals surface area contributed by atoms with Crippen molar-refractivity contribution in [2.24, 2.45) is 5.41 Å². The third-order valence-electron chi connectivity index (χ3n) is 4.28. The number of carbonyl (C=O) groups is 4. The van der Waals surface area contributed by atoms with Gasteiger partial charge in [-0.2, -0.15) is 0 Å². The number of benzene rings is 1. The number of rotatable bonds is 7. The maximum Gasteiger partial charge on any atom is 0.334 e. The van der Waals surface area contributed by atoms with Crippen LogP contribution in [0.4, 0.5) is 5.69 Å². The van der Waals surface area contributed by atoms with Crippen molar-refractivity contribution in [3.63, 3.8) is 0 Å². The van der Waals surface area contributed by atoms with Crippen molar-refractivity contribution in [3.8, 4) is 5.75 Å². The molecule has 1 N–H and O–H groups in total. The molecule has 1 aromatic carbocycles. The van der Waals surface area contributed by atoms with Crippen LogP contribution in [0, 0.1) is 5.41 Å². The fourth-order valence-corrected chi connectivity index (χ4v) is 3.03. The third kappa shape index (κ3) is 3.39. The molecule has 0 fully saturated rings. The van der Waals surface area contributed by atoms with E-state index < -0.39 is 35.1 Å². The van der Waals surface area contributed by atoms with Gasteiger partial charge in [-0.05, 0) is 39.0 Å². The fraction of sp³-hybridized carbons (Fsp3) is 0.474. The third-order valence-corrected chi connectivity index (χ3v) is 4.28. The van der Waals surface area contributed by atoms with Crippen molar-refractivity contribution in [1.29, 1.82) is 0 Å². The van der Waals surface area contributed by atoms with Gasteiger partial charge in [-0.3, -0.25) is 14.4 Å². The van der Waals surface area contributed by atoms with E-state index in [4.69, 9.17) is 18.9 Å². The van der Waals surface area contributed by atoms with Gasteiger partial charge in [-0.25, -0.2) is 4.79 Å². The number of ether oxygens (including phenoxy) is 4. The maximum absolute atomic E-state index is 13.5. The topological polar surface area (TPSA) is 117 Å². The highest BCUT2D eigenvalue weighted by Gasteiger charge is 2.66. The quantitative estimate of drug-likeness (QED) is 0.416. The summed E-state index contributed by atoms with van der Waals surface area (Å²) < 4.78 is 20.2.